The molecule has 5 rings (SSSR count). The topological polar surface area (TPSA) is 100 Å². The number of Topliss-reactive ketones (excluding diaryl/α,β-unsaturated/α-hetero) is 1. The molecule has 1 aliphatic carbocycles. The number of aromatic nitrogens is 3. The van der Waals surface area contributed by atoms with E-state index in [1.807, 2.05) is 30.3 Å². The van der Waals surface area contributed by atoms with Gasteiger partial charge in [0.05, 0.1) is 24.6 Å². The summed E-state index contributed by atoms with van der Waals surface area (Å²) in [5.74, 6) is 0.213. The van der Waals surface area contributed by atoms with E-state index in [1.54, 1.807) is 12.4 Å². The van der Waals surface area contributed by atoms with Crippen molar-refractivity contribution in [3.63, 3.8) is 0 Å². The summed E-state index contributed by atoms with van der Waals surface area (Å²) in [7, 11) is 0. The highest BCUT2D eigenvalue weighted by atomic mass is 16.5. The van der Waals surface area contributed by atoms with Gasteiger partial charge in [-0.15, -0.1) is 0 Å². The van der Waals surface area contributed by atoms with Crippen molar-refractivity contribution in [2.24, 2.45) is 0 Å². The van der Waals surface area contributed by atoms with Crippen molar-refractivity contribution in [1.82, 2.24) is 25.2 Å². The first kappa shape index (κ1) is 20.5. The first-order chi connectivity index (χ1) is 15.7. The van der Waals surface area contributed by atoms with Crippen LogP contribution in [-0.4, -0.2) is 70.9 Å². The van der Waals surface area contributed by atoms with Crippen LogP contribution in [0.15, 0.2) is 42.7 Å². The molecule has 1 aliphatic heterocycles. The molecule has 1 fully saturated rings. The van der Waals surface area contributed by atoms with Crippen molar-refractivity contribution in [3.05, 3.63) is 59.7 Å². The molecule has 0 atom stereocenters. The molecule has 1 aromatic carbocycles. The number of carbonyl (C=O) groups is 2. The van der Waals surface area contributed by atoms with Crippen molar-refractivity contribution >= 4 is 11.7 Å². The second kappa shape index (κ2) is 9.02. The summed E-state index contributed by atoms with van der Waals surface area (Å²) in [4.78, 5) is 39.1. The number of H-pyrrole nitrogens is 1. The third kappa shape index (κ3) is 4.19. The molecule has 1 amide bonds. The average Bonchev–Trinajstić information content (AvgIpc) is 3.44. The molecule has 0 saturated carbocycles. The largest absolute Gasteiger partial charge is 0.379 e. The molecule has 8 heteroatoms. The van der Waals surface area contributed by atoms with Gasteiger partial charge in [-0.2, -0.15) is 0 Å². The van der Waals surface area contributed by atoms with E-state index in [9.17, 15) is 9.59 Å². The van der Waals surface area contributed by atoms with Gasteiger partial charge < -0.3 is 15.0 Å². The molecule has 32 heavy (non-hydrogen) atoms. The lowest BCUT2D eigenvalue weighted by molar-refractivity contribution is 0.0383. The summed E-state index contributed by atoms with van der Waals surface area (Å²) in [6, 6.07) is 9.55. The maximum atomic E-state index is 12.8. The van der Waals surface area contributed by atoms with Crippen LogP contribution in [0.2, 0.25) is 0 Å². The molecule has 8 nitrogen and oxygen atoms in total. The number of morpholine rings is 1. The molecule has 0 unspecified atom stereocenters. The standard InChI is InChI=1S/C24H25N5O3/c30-20-4-2-17-15-18(1-3-19(17)20)22-21(16-5-7-25-8-6-16)27-23(28-22)24(31)26-9-10-29-11-13-32-14-12-29/h1,3,5-8,15H,2,4,9-14H2,(H,26,31)(H,27,28). The van der Waals surface area contributed by atoms with Crippen molar-refractivity contribution in [3.8, 4) is 22.5 Å². The average molecular weight is 431 g/mol. The van der Waals surface area contributed by atoms with Crippen LogP contribution < -0.4 is 5.32 Å². The zero-order valence-corrected chi connectivity index (χ0v) is 17.8. The number of nitrogens with zero attached hydrogens (tertiary/aromatic N) is 3. The van der Waals surface area contributed by atoms with Crippen LogP contribution in [0.3, 0.4) is 0 Å². The van der Waals surface area contributed by atoms with Gasteiger partial charge in [0.1, 0.15) is 0 Å². The van der Waals surface area contributed by atoms with Gasteiger partial charge in [-0.3, -0.25) is 19.5 Å². The van der Waals surface area contributed by atoms with E-state index in [2.05, 4.69) is 25.2 Å². The number of aromatic amines is 1. The highest BCUT2D eigenvalue weighted by molar-refractivity contribution is 6.01. The Bertz CT molecular complexity index is 1140. The van der Waals surface area contributed by atoms with Crippen LogP contribution in [0.4, 0.5) is 0 Å². The van der Waals surface area contributed by atoms with Gasteiger partial charge in [-0.25, -0.2) is 4.98 Å². The monoisotopic (exact) mass is 431 g/mol. The SMILES string of the molecule is O=C(NCCN1CCOCC1)c1nc(-c2ccc3c(c2)CCC3=O)c(-c2ccncc2)[nH]1. The smallest absolute Gasteiger partial charge is 0.287 e. The molecule has 0 radical (unpaired) electrons. The van der Waals surface area contributed by atoms with Gasteiger partial charge in [0.15, 0.2) is 11.6 Å². The Balaban J connectivity index is 1.40. The highest BCUT2D eigenvalue weighted by Crippen LogP contribution is 2.33. The van der Waals surface area contributed by atoms with Gasteiger partial charge in [0.25, 0.3) is 5.91 Å². The van der Waals surface area contributed by atoms with Crippen LogP contribution in [0.5, 0.6) is 0 Å². The second-order valence-corrected chi connectivity index (χ2v) is 8.05. The van der Waals surface area contributed by atoms with Crippen LogP contribution in [0, 0.1) is 0 Å². The van der Waals surface area contributed by atoms with Crippen LogP contribution in [-0.2, 0) is 11.2 Å². The number of ketones is 1. The second-order valence-electron chi connectivity index (χ2n) is 8.05. The molecule has 1 saturated heterocycles. The lowest BCUT2D eigenvalue weighted by Gasteiger charge is -2.26. The third-order valence-corrected chi connectivity index (χ3v) is 6.01. The maximum absolute atomic E-state index is 12.8. The van der Waals surface area contributed by atoms with E-state index in [-0.39, 0.29) is 17.5 Å². The van der Waals surface area contributed by atoms with Crippen molar-refractivity contribution in [2.75, 3.05) is 39.4 Å². The maximum Gasteiger partial charge on any atom is 0.287 e. The Kier molecular flexibility index (Phi) is 5.79. The number of carbonyl (C=O) groups excluding carboxylic acids is 2. The Hall–Kier alpha value is -3.36. The Morgan fingerprint density at radius 1 is 1.09 bits per heavy atom. The van der Waals surface area contributed by atoms with E-state index >= 15 is 0 Å². The molecule has 0 bridgehead atoms. The minimum Gasteiger partial charge on any atom is -0.379 e. The third-order valence-electron chi connectivity index (χ3n) is 6.01. The summed E-state index contributed by atoms with van der Waals surface area (Å²) in [6.45, 7) is 4.55. The fourth-order valence-corrected chi connectivity index (χ4v) is 4.26. The van der Waals surface area contributed by atoms with Crippen molar-refractivity contribution in [2.45, 2.75) is 12.8 Å². The van der Waals surface area contributed by atoms with Crippen LogP contribution in [0.25, 0.3) is 22.5 Å². The highest BCUT2D eigenvalue weighted by Gasteiger charge is 2.23. The number of ether oxygens (including phenoxy) is 1. The minimum atomic E-state index is -0.240. The van der Waals surface area contributed by atoms with Gasteiger partial charge >= 0.3 is 0 Å². The normalized spacial score (nSPS) is 16.2. The Morgan fingerprint density at radius 2 is 1.91 bits per heavy atom. The number of fused-ring (bicyclic) bond motifs is 1. The fourth-order valence-electron chi connectivity index (χ4n) is 4.26. The van der Waals surface area contributed by atoms with E-state index in [4.69, 9.17) is 4.74 Å². The fraction of sp³-hybridized carbons (Fsp3) is 0.333. The number of hydrogen-bond acceptors (Lipinski definition) is 6. The van der Waals surface area contributed by atoms with Crippen LogP contribution >= 0.6 is 0 Å². The Labute approximate surface area is 186 Å². The predicted molar refractivity (Wildman–Crippen MR) is 119 cm³/mol. The minimum absolute atomic E-state index is 0.184. The predicted octanol–water partition coefficient (Wildman–Crippen LogP) is 2.33. The summed E-state index contributed by atoms with van der Waals surface area (Å²) < 4.78 is 5.36. The van der Waals surface area contributed by atoms with Gasteiger partial charge in [0.2, 0.25) is 0 Å². The zero-order chi connectivity index (χ0) is 21.9. The number of benzene rings is 1. The number of aryl methyl sites for hydroxylation is 1. The van der Waals surface area contributed by atoms with Gasteiger partial charge in [-0.1, -0.05) is 12.1 Å². The molecular formula is C24H25N5O3. The molecule has 164 valence electrons. The van der Waals surface area contributed by atoms with E-state index in [1.165, 1.54) is 0 Å². The lowest BCUT2D eigenvalue weighted by Crippen LogP contribution is -2.41. The Morgan fingerprint density at radius 3 is 2.72 bits per heavy atom. The quantitative estimate of drug-likeness (QED) is 0.621. The first-order valence-electron chi connectivity index (χ1n) is 10.9. The molecule has 0 spiro atoms. The van der Waals surface area contributed by atoms with E-state index in [0.717, 1.165) is 67.2 Å². The molecule has 3 heterocycles. The summed E-state index contributed by atoms with van der Waals surface area (Å²) in [6.07, 6.45) is 4.71. The van der Waals surface area contributed by atoms with E-state index < -0.39 is 0 Å². The lowest BCUT2D eigenvalue weighted by atomic mass is 10.0. The summed E-state index contributed by atoms with van der Waals surface area (Å²) >= 11 is 0. The van der Waals surface area contributed by atoms with Crippen molar-refractivity contribution in [1.29, 1.82) is 0 Å². The number of pyridine rings is 1. The molecule has 3 aromatic rings. The molecule has 2 aromatic heterocycles. The molecular weight excluding hydrogens is 406 g/mol. The number of nitrogens with one attached hydrogen (secondary N) is 2. The molecule has 2 aliphatic rings. The number of imidazole rings is 1. The summed E-state index contributed by atoms with van der Waals surface area (Å²) in [5, 5.41) is 2.97. The number of rotatable bonds is 6. The van der Waals surface area contributed by atoms with E-state index in [0.29, 0.717) is 18.7 Å². The van der Waals surface area contributed by atoms with Crippen LogP contribution in [0.1, 0.15) is 33.0 Å². The van der Waals surface area contributed by atoms with Crippen molar-refractivity contribution < 1.29 is 14.3 Å². The number of hydrogen-bond donors (Lipinski definition) is 2. The molecule has 2 N–H and O–H groups in total. The first-order valence-corrected chi connectivity index (χ1v) is 10.9. The van der Waals surface area contributed by atoms with Gasteiger partial charge in [-0.05, 0) is 30.2 Å². The van der Waals surface area contributed by atoms with Gasteiger partial charge in [0, 0.05) is 61.7 Å². The summed E-state index contributed by atoms with van der Waals surface area (Å²) in [5.41, 5.74) is 5.05. The zero-order valence-electron chi connectivity index (χ0n) is 17.8. The number of amides is 1.